The van der Waals surface area contributed by atoms with Crippen molar-refractivity contribution in [2.75, 3.05) is 118 Å². The van der Waals surface area contributed by atoms with Crippen LogP contribution in [0.4, 0.5) is 0 Å². The van der Waals surface area contributed by atoms with Gasteiger partial charge in [-0.1, -0.05) is 0 Å². The fourth-order valence-corrected chi connectivity index (χ4v) is 4.45. The van der Waals surface area contributed by atoms with Gasteiger partial charge in [0.1, 0.15) is 0 Å². The third-order valence-electron chi connectivity index (χ3n) is 6.79. The Kier molecular flexibility index (Phi) is 56.5. The monoisotopic (exact) mass is 966 g/mol. The number of amides is 1. The summed E-state index contributed by atoms with van der Waals surface area (Å²) in [6.45, 7) is -0.0589. The molecule has 1 heterocycles. The van der Waals surface area contributed by atoms with E-state index in [1.54, 1.807) is 19.6 Å². The molecule has 0 aromatic heterocycles. The Labute approximate surface area is 439 Å². The van der Waals surface area contributed by atoms with Crippen LogP contribution in [0.1, 0.15) is 0 Å². The Morgan fingerprint density at radius 1 is 0.527 bits per heavy atom. The first-order chi connectivity index (χ1) is 23.5. The number of carboxylic acid groups (broad SMARTS) is 5. The van der Waals surface area contributed by atoms with Crippen LogP contribution >= 0.6 is 0 Å². The third-order valence-corrected chi connectivity index (χ3v) is 6.79. The van der Waals surface area contributed by atoms with Crippen LogP contribution in [-0.4, -0.2) is 210 Å². The van der Waals surface area contributed by atoms with Crippen molar-refractivity contribution in [3.05, 3.63) is 14.1 Å². The summed E-state index contributed by atoms with van der Waals surface area (Å²) >= 11 is 0. The fourth-order valence-electron chi connectivity index (χ4n) is 4.45. The summed E-state index contributed by atoms with van der Waals surface area (Å²) in [7, 11) is 7.71. The van der Waals surface area contributed by atoms with Crippen LogP contribution in [0.25, 0.3) is 0 Å². The van der Waals surface area contributed by atoms with Gasteiger partial charge in [0.2, 0.25) is 5.91 Å². The number of nitrogens with zero attached hydrogens (tertiary/aromatic N) is 7. The summed E-state index contributed by atoms with van der Waals surface area (Å²) in [5.74, 6) is -6.67. The number of carbonyl (C=O) groups is 6. The van der Waals surface area contributed by atoms with Gasteiger partial charge < -0.3 is 54.6 Å². The maximum absolute atomic E-state index is 13.3. The Morgan fingerprint density at radius 2 is 0.836 bits per heavy atom. The minimum Gasteiger partial charge on any atom is -0.549 e. The van der Waals surface area contributed by atoms with E-state index >= 15 is 0 Å². The van der Waals surface area contributed by atoms with E-state index in [0.717, 1.165) is 4.90 Å². The van der Waals surface area contributed by atoms with Gasteiger partial charge in [-0.05, 0) is 19.6 Å². The standard InChI is InChI=1S/C26H45N7O11.2CO2.Gd.4Na/c1-27(5-6-32(19-25(41)42)20-26(43)44)3-4-28(2)15-21(34)33-13-11-30(17-23(37)38)9-7-29(16-22(35)36)8-10-31(12-14-33)18-24(39)40;2*2-1-3;;;;;/h1-20H2,(H,35,36)(H,37,38)(H,39,40)(H,41,42)(H,43,44);;;;;;;/q-2;;;+3;4*+1/p-3. The Balaban J connectivity index is -0.000000391. The van der Waals surface area contributed by atoms with Gasteiger partial charge in [-0.2, -0.15) is 19.2 Å². The average molecular weight is 966 g/mol. The van der Waals surface area contributed by atoms with E-state index in [4.69, 9.17) is 19.2 Å². The molecular formula is C28H42GdN7Na4O15+2. The van der Waals surface area contributed by atoms with Gasteiger partial charge >= 0.3 is 182 Å². The van der Waals surface area contributed by atoms with Crippen molar-refractivity contribution in [1.82, 2.24) is 34.3 Å². The van der Waals surface area contributed by atoms with Gasteiger partial charge in [0, 0.05) is 78.5 Å². The van der Waals surface area contributed by atoms with Crippen molar-refractivity contribution in [2.24, 2.45) is 0 Å². The van der Waals surface area contributed by atoms with Crippen molar-refractivity contribution in [3.63, 3.8) is 0 Å². The molecule has 1 aliphatic heterocycles. The number of carbonyl (C=O) groups excluding carboxylic acids is 8. The number of rotatable bonds is 18. The summed E-state index contributed by atoms with van der Waals surface area (Å²) in [4.78, 5) is 112. The van der Waals surface area contributed by atoms with Crippen molar-refractivity contribution in [3.8, 4) is 0 Å². The molecule has 0 aromatic carbocycles. The molecule has 0 saturated carbocycles. The molecule has 289 valence electrons. The number of hydrogen-bond acceptors (Lipinski definition) is 19. The zero-order chi connectivity index (χ0) is 38.6. The Bertz CT molecular complexity index is 1110. The molecule has 1 amide bonds. The summed E-state index contributed by atoms with van der Waals surface area (Å²) in [5, 5.41) is 51.6. The second-order valence-electron chi connectivity index (χ2n) is 10.7. The third kappa shape index (κ3) is 44.1. The zero-order valence-corrected chi connectivity index (χ0v) is 42.1. The summed E-state index contributed by atoms with van der Waals surface area (Å²) in [6, 6.07) is 0. The normalized spacial score (nSPS) is 13.5. The molecule has 27 heteroatoms. The summed E-state index contributed by atoms with van der Waals surface area (Å²) in [5.41, 5.74) is 0. The first kappa shape index (κ1) is 70.2. The molecule has 1 saturated heterocycles. The number of aliphatic carboxylic acids is 5. The SMILES string of the molecule is O=C=O.O=C=O.[CH2-]N(CCN([CH2-])CC(=O)N1CCN(CC(=O)[O-])CCN(CC(=O)O)CCN(CC(=O)O)CC1)CCN(CC(=O)[O-])CC(=O)[O-].[Gd+3].[Na+].[Na+].[Na+].[Na+]. The molecule has 55 heavy (non-hydrogen) atoms. The van der Waals surface area contributed by atoms with E-state index in [0.29, 0.717) is 6.54 Å². The van der Waals surface area contributed by atoms with Crippen molar-refractivity contribution < 1.29 is 232 Å². The molecule has 0 atom stereocenters. The average Bonchev–Trinajstić information content (AvgIpc) is 2.98. The van der Waals surface area contributed by atoms with E-state index in [1.165, 1.54) is 9.80 Å². The predicted molar refractivity (Wildman–Crippen MR) is 157 cm³/mol. The topological polar surface area (TPSA) is 303 Å². The predicted octanol–water partition coefficient (Wildman–Crippen LogP) is -20.5. The van der Waals surface area contributed by atoms with Crippen LogP contribution in [0.3, 0.4) is 0 Å². The number of hydrogen-bond donors (Lipinski definition) is 2. The molecule has 0 bridgehead atoms. The molecule has 22 nitrogen and oxygen atoms in total. The van der Waals surface area contributed by atoms with E-state index in [9.17, 15) is 54.3 Å². The molecule has 2 N–H and O–H groups in total. The molecule has 1 radical (unpaired) electrons. The van der Waals surface area contributed by atoms with Crippen LogP contribution in [-0.2, 0) is 47.9 Å². The molecule has 0 aromatic rings. The van der Waals surface area contributed by atoms with Crippen LogP contribution < -0.4 is 134 Å². The quantitative estimate of drug-likeness (QED) is 0.0952. The van der Waals surface area contributed by atoms with E-state index in [-0.39, 0.29) is 268 Å². The van der Waals surface area contributed by atoms with Crippen molar-refractivity contribution in [1.29, 1.82) is 0 Å². The molecule has 0 aliphatic carbocycles. The first-order valence-electron chi connectivity index (χ1n) is 14.8. The largest absolute Gasteiger partial charge is 3.00 e. The second-order valence-corrected chi connectivity index (χ2v) is 10.7. The summed E-state index contributed by atoms with van der Waals surface area (Å²) in [6.07, 6.45) is 0.500. The molecule has 1 fully saturated rings. The molecule has 0 spiro atoms. The minimum atomic E-state index is -1.43. The van der Waals surface area contributed by atoms with Crippen LogP contribution in [0.2, 0.25) is 0 Å². The maximum Gasteiger partial charge on any atom is 3.00 e. The maximum atomic E-state index is 13.3. The molecular weight excluding hydrogens is 924 g/mol. The van der Waals surface area contributed by atoms with E-state index in [1.807, 2.05) is 0 Å². The van der Waals surface area contributed by atoms with Crippen LogP contribution in [0.15, 0.2) is 0 Å². The van der Waals surface area contributed by atoms with E-state index in [2.05, 4.69) is 14.1 Å². The Hall–Kier alpha value is 0.665. The number of carboxylic acids is 5. The van der Waals surface area contributed by atoms with Gasteiger partial charge in [0.25, 0.3) is 0 Å². The smallest absolute Gasteiger partial charge is 0.549 e. The second kappa shape index (κ2) is 44.2. The zero-order valence-electron chi connectivity index (χ0n) is 31.8. The van der Waals surface area contributed by atoms with Crippen LogP contribution in [0.5, 0.6) is 0 Å². The summed E-state index contributed by atoms with van der Waals surface area (Å²) < 4.78 is 0. The van der Waals surface area contributed by atoms with Gasteiger partial charge in [-0.3, -0.25) is 48.1 Å². The Morgan fingerprint density at radius 3 is 1.16 bits per heavy atom. The minimum absolute atomic E-state index is 0. The van der Waals surface area contributed by atoms with Crippen molar-refractivity contribution in [2.45, 2.75) is 0 Å². The molecule has 1 aliphatic rings. The fraction of sp³-hybridized carbons (Fsp3) is 0.643. The van der Waals surface area contributed by atoms with Gasteiger partial charge in [-0.25, -0.2) is 0 Å². The van der Waals surface area contributed by atoms with E-state index < -0.39 is 49.5 Å². The van der Waals surface area contributed by atoms with Gasteiger partial charge in [0.15, 0.2) is 0 Å². The van der Waals surface area contributed by atoms with Crippen molar-refractivity contribution >= 4 is 48.1 Å². The molecule has 1 rings (SSSR count). The van der Waals surface area contributed by atoms with Gasteiger partial charge in [0.05, 0.1) is 37.5 Å². The first-order valence-corrected chi connectivity index (χ1v) is 14.8. The van der Waals surface area contributed by atoms with Crippen LogP contribution in [0, 0.1) is 54.0 Å². The van der Waals surface area contributed by atoms with Gasteiger partial charge in [-0.15, -0.1) is 0 Å². The molecule has 0 unspecified atom stereocenters.